The van der Waals surface area contributed by atoms with Crippen LogP contribution in [0.25, 0.3) is 10.9 Å². The third-order valence-corrected chi connectivity index (χ3v) is 4.47. The second kappa shape index (κ2) is 7.48. The number of amides is 1. The Kier molecular flexibility index (Phi) is 4.72. The molecule has 1 N–H and O–H groups in total. The molecule has 0 fully saturated rings. The highest BCUT2D eigenvalue weighted by Gasteiger charge is 2.14. The highest BCUT2D eigenvalue weighted by Crippen LogP contribution is 2.14. The minimum Gasteiger partial charge on any atom is -0.467 e. The summed E-state index contributed by atoms with van der Waals surface area (Å²) in [5.74, 6) is 0.351. The number of pyridine rings is 3. The normalized spacial score (nSPS) is 10.9. The Morgan fingerprint density at radius 3 is 2.89 bits per heavy atom. The van der Waals surface area contributed by atoms with E-state index in [1.807, 2.05) is 12.1 Å². The van der Waals surface area contributed by atoms with E-state index in [2.05, 4.69) is 15.3 Å². The van der Waals surface area contributed by atoms with Gasteiger partial charge in [-0.15, -0.1) is 0 Å². The number of aryl methyl sites for hydroxylation is 1. The van der Waals surface area contributed by atoms with E-state index >= 15 is 0 Å². The van der Waals surface area contributed by atoms with Crippen molar-refractivity contribution in [1.82, 2.24) is 19.9 Å². The van der Waals surface area contributed by atoms with Crippen molar-refractivity contribution in [3.63, 3.8) is 0 Å². The zero-order valence-electron chi connectivity index (χ0n) is 15.3. The van der Waals surface area contributed by atoms with E-state index < -0.39 is 0 Å². The number of aromatic nitrogens is 3. The lowest BCUT2D eigenvalue weighted by Gasteiger charge is -2.10. The van der Waals surface area contributed by atoms with E-state index in [0.717, 1.165) is 5.56 Å². The standard InChI is InChI=1S/C21H18N4O3/c1-14-17(20(26)23-12-16-5-3-9-28-16)10-18-19(24-14)6-8-25(21(18)27)13-15-4-2-7-22-11-15/h2-11H,12-13H2,1H3,(H,23,26). The molecule has 4 heterocycles. The van der Waals surface area contributed by atoms with E-state index in [0.29, 0.717) is 34.5 Å². The average molecular weight is 374 g/mol. The van der Waals surface area contributed by atoms with Gasteiger partial charge in [-0.1, -0.05) is 6.07 Å². The van der Waals surface area contributed by atoms with Crippen LogP contribution >= 0.6 is 0 Å². The number of nitrogens with one attached hydrogen (secondary N) is 1. The summed E-state index contributed by atoms with van der Waals surface area (Å²) in [6.45, 7) is 2.42. The van der Waals surface area contributed by atoms with Gasteiger partial charge in [0.05, 0.1) is 41.5 Å². The highest BCUT2D eigenvalue weighted by molar-refractivity contribution is 5.98. The quantitative estimate of drug-likeness (QED) is 0.580. The zero-order chi connectivity index (χ0) is 19.5. The molecule has 140 valence electrons. The maximum Gasteiger partial charge on any atom is 0.260 e. The third kappa shape index (κ3) is 3.55. The Hall–Kier alpha value is -3.74. The second-order valence-electron chi connectivity index (χ2n) is 6.43. The monoisotopic (exact) mass is 374 g/mol. The van der Waals surface area contributed by atoms with Crippen LogP contribution in [0.1, 0.15) is 27.4 Å². The van der Waals surface area contributed by atoms with Gasteiger partial charge in [-0.3, -0.25) is 19.6 Å². The topological polar surface area (TPSA) is 90.0 Å². The van der Waals surface area contributed by atoms with Crippen molar-refractivity contribution in [2.75, 3.05) is 0 Å². The van der Waals surface area contributed by atoms with Crippen molar-refractivity contribution >= 4 is 16.8 Å². The lowest BCUT2D eigenvalue weighted by atomic mass is 10.1. The molecule has 0 aliphatic rings. The van der Waals surface area contributed by atoms with Crippen LogP contribution in [0.3, 0.4) is 0 Å². The predicted octanol–water partition coefficient (Wildman–Crippen LogP) is 2.67. The van der Waals surface area contributed by atoms with Crippen molar-refractivity contribution < 1.29 is 9.21 Å². The van der Waals surface area contributed by atoms with Gasteiger partial charge in [-0.2, -0.15) is 0 Å². The van der Waals surface area contributed by atoms with Crippen LogP contribution in [0.15, 0.2) is 70.5 Å². The lowest BCUT2D eigenvalue weighted by Crippen LogP contribution is -2.25. The number of rotatable bonds is 5. The molecule has 1 amide bonds. The van der Waals surface area contributed by atoms with Crippen LogP contribution in [-0.4, -0.2) is 20.4 Å². The molecule has 0 bridgehead atoms. The summed E-state index contributed by atoms with van der Waals surface area (Å²) in [5, 5.41) is 3.19. The molecule has 0 atom stereocenters. The summed E-state index contributed by atoms with van der Waals surface area (Å²) in [6, 6.07) is 10.7. The van der Waals surface area contributed by atoms with Crippen LogP contribution in [0.5, 0.6) is 0 Å². The molecule has 28 heavy (non-hydrogen) atoms. The van der Waals surface area contributed by atoms with E-state index in [-0.39, 0.29) is 18.0 Å². The second-order valence-corrected chi connectivity index (χ2v) is 6.43. The Labute approximate surface area is 160 Å². The van der Waals surface area contributed by atoms with E-state index in [4.69, 9.17) is 4.42 Å². The fourth-order valence-corrected chi connectivity index (χ4v) is 3.02. The molecule has 0 radical (unpaired) electrons. The van der Waals surface area contributed by atoms with Gasteiger partial charge >= 0.3 is 0 Å². The molecule has 0 aliphatic carbocycles. The summed E-state index contributed by atoms with van der Waals surface area (Å²) in [7, 11) is 0. The van der Waals surface area contributed by atoms with Gasteiger partial charge in [0.25, 0.3) is 11.5 Å². The average Bonchev–Trinajstić information content (AvgIpc) is 3.22. The van der Waals surface area contributed by atoms with Gasteiger partial charge in [0, 0.05) is 18.6 Å². The summed E-state index contributed by atoms with van der Waals surface area (Å²) in [4.78, 5) is 34.0. The number of carbonyl (C=O) groups is 1. The van der Waals surface area contributed by atoms with Crippen LogP contribution < -0.4 is 10.9 Å². The minimum absolute atomic E-state index is 0.200. The fraction of sp³-hybridized carbons (Fsp3) is 0.143. The largest absolute Gasteiger partial charge is 0.467 e. The van der Waals surface area contributed by atoms with Crippen molar-refractivity contribution in [1.29, 1.82) is 0 Å². The first-order valence-corrected chi connectivity index (χ1v) is 8.82. The summed E-state index contributed by atoms with van der Waals surface area (Å²) >= 11 is 0. The third-order valence-electron chi connectivity index (χ3n) is 4.47. The number of fused-ring (bicyclic) bond motifs is 1. The number of hydrogen-bond acceptors (Lipinski definition) is 5. The Balaban J connectivity index is 1.66. The highest BCUT2D eigenvalue weighted by atomic mass is 16.3. The number of nitrogens with zero attached hydrogens (tertiary/aromatic N) is 3. The molecule has 4 aromatic heterocycles. The maximum absolute atomic E-state index is 12.9. The van der Waals surface area contributed by atoms with Crippen LogP contribution in [0.2, 0.25) is 0 Å². The summed E-state index contributed by atoms with van der Waals surface area (Å²) in [6.07, 6.45) is 6.67. The summed E-state index contributed by atoms with van der Waals surface area (Å²) in [5.41, 5.74) is 2.21. The van der Waals surface area contributed by atoms with Crippen LogP contribution in [0, 0.1) is 6.92 Å². The van der Waals surface area contributed by atoms with Crippen molar-refractivity contribution in [3.05, 3.63) is 94.2 Å². The smallest absolute Gasteiger partial charge is 0.260 e. The lowest BCUT2D eigenvalue weighted by molar-refractivity contribution is 0.0947. The Morgan fingerprint density at radius 1 is 1.25 bits per heavy atom. The molecule has 0 saturated heterocycles. The van der Waals surface area contributed by atoms with Crippen molar-refractivity contribution in [2.45, 2.75) is 20.0 Å². The van der Waals surface area contributed by atoms with Crippen molar-refractivity contribution in [3.8, 4) is 0 Å². The molecule has 0 aliphatic heterocycles. The fourth-order valence-electron chi connectivity index (χ4n) is 3.02. The molecular weight excluding hydrogens is 356 g/mol. The van der Waals surface area contributed by atoms with E-state index in [1.54, 1.807) is 60.6 Å². The minimum atomic E-state index is -0.301. The van der Waals surface area contributed by atoms with Gasteiger partial charge in [-0.05, 0) is 42.8 Å². The first-order chi connectivity index (χ1) is 13.6. The number of hydrogen-bond donors (Lipinski definition) is 1. The molecule has 0 saturated carbocycles. The summed E-state index contributed by atoms with van der Waals surface area (Å²) < 4.78 is 6.81. The van der Waals surface area contributed by atoms with Gasteiger partial charge in [0.2, 0.25) is 0 Å². The molecule has 7 heteroatoms. The molecule has 4 aromatic rings. The first kappa shape index (κ1) is 17.7. The molecular formula is C21H18N4O3. The van der Waals surface area contributed by atoms with Crippen LogP contribution in [0.4, 0.5) is 0 Å². The molecule has 0 unspecified atom stereocenters. The Bertz CT molecular complexity index is 1180. The van der Waals surface area contributed by atoms with E-state index in [1.165, 1.54) is 0 Å². The number of furan rings is 1. The maximum atomic E-state index is 12.9. The van der Waals surface area contributed by atoms with Gasteiger partial charge in [0.15, 0.2) is 0 Å². The zero-order valence-corrected chi connectivity index (χ0v) is 15.3. The first-order valence-electron chi connectivity index (χ1n) is 8.82. The SMILES string of the molecule is Cc1nc2ccn(Cc3cccnc3)c(=O)c2cc1C(=O)NCc1ccco1. The van der Waals surface area contributed by atoms with Gasteiger partial charge in [-0.25, -0.2) is 0 Å². The van der Waals surface area contributed by atoms with Crippen LogP contribution in [-0.2, 0) is 13.1 Å². The Morgan fingerprint density at radius 2 is 2.14 bits per heavy atom. The molecule has 0 spiro atoms. The molecule has 0 aromatic carbocycles. The number of carbonyl (C=O) groups excluding carboxylic acids is 1. The van der Waals surface area contributed by atoms with Gasteiger partial charge < -0.3 is 14.3 Å². The van der Waals surface area contributed by atoms with Gasteiger partial charge in [0.1, 0.15) is 5.76 Å². The molecule has 7 nitrogen and oxygen atoms in total. The van der Waals surface area contributed by atoms with E-state index in [9.17, 15) is 9.59 Å². The molecule has 4 rings (SSSR count). The predicted molar refractivity (Wildman–Crippen MR) is 104 cm³/mol. The van der Waals surface area contributed by atoms with Crippen molar-refractivity contribution in [2.24, 2.45) is 0 Å².